The Morgan fingerprint density at radius 2 is 2.29 bits per heavy atom. The Kier molecular flexibility index (Phi) is 4.35. The summed E-state index contributed by atoms with van der Waals surface area (Å²) in [6.07, 6.45) is 5.92. The van der Waals surface area contributed by atoms with Crippen LogP contribution in [0.4, 0.5) is 0 Å². The van der Waals surface area contributed by atoms with Gasteiger partial charge in [0.15, 0.2) is 0 Å². The van der Waals surface area contributed by atoms with E-state index in [9.17, 15) is 5.11 Å². The lowest BCUT2D eigenvalue weighted by Gasteiger charge is -2.14. The normalized spacial score (nSPS) is 12.6. The largest absolute Gasteiger partial charge is 0.390 e. The van der Waals surface area contributed by atoms with Crippen molar-refractivity contribution in [3.8, 4) is 0 Å². The molecule has 1 aromatic heterocycles. The van der Waals surface area contributed by atoms with E-state index >= 15 is 0 Å². The van der Waals surface area contributed by atoms with Crippen molar-refractivity contribution >= 4 is 33.3 Å². The Morgan fingerprint density at radius 3 is 2.79 bits per heavy atom. The first-order valence-corrected chi connectivity index (χ1v) is 6.27. The van der Waals surface area contributed by atoms with E-state index in [0.29, 0.717) is 0 Å². The van der Waals surface area contributed by atoms with Crippen molar-refractivity contribution in [3.05, 3.63) is 26.9 Å². The third kappa shape index (κ3) is 4.94. The third-order valence-corrected chi connectivity index (χ3v) is 3.45. The number of rotatable bonds is 4. The molecule has 78 valence electrons. The smallest absolute Gasteiger partial charge is 0.0594 e. The first-order valence-electron chi connectivity index (χ1n) is 4.60. The van der Waals surface area contributed by atoms with E-state index in [1.165, 1.54) is 4.88 Å². The molecular formula is C11H15BrOS. The Labute approximate surface area is 97.6 Å². The van der Waals surface area contributed by atoms with Gasteiger partial charge >= 0.3 is 0 Å². The van der Waals surface area contributed by atoms with Crippen molar-refractivity contribution < 1.29 is 5.11 Å². The van der Waals surface area contributed by atoms with Crippen LogP contribution in [-0.2, 0) is 0 Å². The number of hydrogen-bond acceptors (Lipinski definition) is 2. The van der Waals surface area contributed by atoms with E-state index in [4.69, 9.17) is 0 Å². The lowest BCUT2D eigenvalue weighted by molar-refractivity contribution is 0.0722. The first kappa shape index (κ1) is 12.0. The van der Waals surface area contributed by atoms with Crippen LogP contribution in [0.1, 0.15) is 31.6 Å². The van der Waals surface area contributed by atoms with Gasteiger partial charge in [-0.1, -0.05) is 6.08 Å². The summed E-state index contributed by atoms with van der Waals surface area (Å²) in [6, 6.07) is 2.09. The van der Waals surface area contributed by atoms with Gasteiger partial charge in [0.1, 0.15) is 0 Å². The maximum atomic E-state index is 9.48. The molecule has 0 saturated carbocycles. The fourth-order valence-corrected chi connectivity index (χ4v) is 2.42. The highest BCUT2D eigenvalue weighted by Gasteiger charge is 2.09. The van der Waals surface area contributed by atoms with Gasteiger partial charge in [-0.05, 0) is 54.8 Å². The van der Waals surface area contributed by atoms with Crippen molar-refractivity contribution in [2.45, 2.75) is 32.3 Å². The highest BCUT2D eigenvalue weighted by Crippen LogP contribution is 2.21. The molecule has 0 aliphatic rings. The molecule has 1 aromatic rings. The van der Waals surface area contributed by atoms with Crippen LogP contribution in [0.25, 0.3) is 6.08 Å². The van der Waals surface area contributed by atoms with Crippen LogP contribution in [0.5, 0.6) is 0 Å². The van der Waals surface area contributed by atoms with E-state index in [2.05, 4.69) is 39.5 Å². The molecule has 0 aromatic carbocycles. The molecule has 0 saturated heterocycles. The summed E-state index contributed by atoms with van der Waals surface area (Å²) in [7, 11) is 0. The summed E-state index contributed by atoms with van der Waals surface area (Å²) in [5.41, 5.74) is -0.555. The molecule has 1 heterocycles. The maximum Gasteiger partial charge on any atom is 0.0594 e. The van der Waals surface area contributed by atoms with Crippen molar-refractivity contribution in [3.63, 3.8) is 0 Å². The first-order chi connectivity index (χ1) is 6.47. The number of hydrogen-bond donors (Lipinski definition) is 1. The molecular weight excluding hydrogens is 260 g/mol. The van der Waals surface area contributed by atoms with Crippen LogP contribution in [0, 0.1) is 0 Å². The standard InChI is InChI=1S/C11H15BrOS/c1-11(2,13)6-4-3-5-10-7-9(12)8-14-10/h3,5,7-8,13H,4,6H2,1-2H3/b5-3+. The van der Waals surface area contributed by atoms with Crippen LogP contribution in [0.3, 0.4) is 0 Å². The van der Waals surface area contributed by atoms with Crippen LogP contribution in [0.15, 0.2) is 22.0 Å². The average Bonchev–Trinajstić information content (AvgIpc) is 2.44. The van der Waals surface area contributed by atoms with Gasteiger partial charge in [-0.2, -0.15) is 0 Å². The number of halogens is 1. The van der Waals surface area contributed by atoms with Crippen LogP contribution in [-0.4, -0.2) is 10.7 Å². The minimum absolute atomic E-state index is 0.555. The molecule has 0 spiro atoms. The second kappa shape index (κ2) is 5.10. The number of allylic oxidation sites excluding steroid dienone is 1. The fraction of sp³-hybridized carbons (Fsp3) is 0.455. The zero-order valence-electron chi connectivity index (χ0n) is 8.46. The Morgan fingerprint density at radius 1 is 1.57 bits per heavy atom. The van der Waals surface area contributed by atoms with Crippen LogP contribution in [0.2, 0.25) is 0 Å². The highest BCUT2D eigenvalue weighted by atomic mass is 79.9. The minimum Gasteiger partial charge on any atom is -0.390 e. The van der Waals surface area contributed by atoms with Crippen molar-refractivity contribution in [1.82, 2.24) is 0 Å². The second-order valence-corrected chi connectivity index (χ2v) is 5.78. The molecule has 1 rings (SSSR count). The van der Waals surface area contributed by atoms with Crippen molar-refractivity contribution in [1.29, 1.82) is 0 Å². The third-order valence-electron chi connectivity index (χ3n) is 1.79. The van der Waals surface area contributed by atoms with Gasteiger partial charge in [0.05, 0.1) is 5.60 Å². The average molecular weight is 275 g/mol. The van der Waals surface area contributed by atoms with E-state index in [-0.39, 0.29) is 0 Å². The summed E-state index contributed by atoms with van der Waals surface area (Å²) < 4.78 is 1.13. The van der Waals surface area contributed by atoms with Gasteiger partial charge in [-0.15, -0.1) is 11.3 Å². The fourth-order valence-electron chi connectivity index (χ4n) is 1.05. The van der Waals surface area contributed by atoms with Gasteiger partial charge < -0.3 is 5.11 Å². The van der Waals surface area contributed by atoms with Gasteiger partial charge in [0, 0.05) is 14.7 Å². The lowest BCUT2D eigenvalue weighted by Crippen LogP contribution is -2.17. The van der Waals surface area contributed by atoms with Crippen LogP contribution < -0.4 is 0 Å². The number of aliphatic hydroxyl groups is 1. The Hall–Kier alpha value is -0.120. The predicted octanol–water partition coefficient (Wildman–Crippen LogP) is 4.07. The molecule has 1 N–H and O–H groups in total. The predicted molar refractivity (Wildman–Crippen MR) is 66.6 cm³/mol. The molecule has 0 fully saturated rings. The molecule has 14 heavy (non-hydrogen) atoms. The minimum atomic E-state index is -0.555. The molecule has 0 atom stereocenters. The highest BCUT2D eigenvalue weighted by molar-refractivity contribution is 9.10. The lowest BCUT2D eigenvalue weighted by atomic mass is 10.0. The summed E-state index contributed by atoms with van der Waals surface area (Å²) in [4.78, 5) is 1.24. The topological polar surface area (TPSA) is 20.2 Å². The summed E-state index contributed by atoms with van der Waals surface area (Å²) in [5, 5.41) is 11.5. The maximum absolute atomic E-state index is 9.48. The van der Waals surface area contributed by atoms with Gasteiger partial charge in [-0.25, -0.2) is 0 Å². The second-order valence-electron chi connectivity index (χ2n) is 3.92. The van der Waals surface area contributed by atoms with Crippen molar-refractivity contribution in [2.24, 2.45) is 0 Å². The molecule has 0 bridgehead atoms. The zero-order chi connectivity index (χ0) is 10.6. The summed E-state index contributed by atoms with van der Waals surface area (Å²) in [6.45, 7) is 3.67. The Bertz CT molecular complexity index is 309. The Balaban J connectivity index is 2.35. The molecule has 0 aliphatic carbocycles. The van der Waals surface area contributed by atoms with Crippen LogP contribution >= 0.6 is 27.3 Å². The summed E-state index contributed by atoms with van der Waals surface area (Å²) in [5.74, 6) is 0. The molecule has 0 radical (unpaired) electrons. The monoisotopic (exact) mass is 274 g/mol. The van der Waals surface area contributed by atoms with E-state index < -0.39 is 5.60 Å². The molecule has 0 aliphatic heterocycles. The molecule has 3 heteroatoms. The molecule has 0 amide bonds. The van der Waals surface area contributed by atoms with E-state index in [0.717, 1.165) is 17.3 Å². The molecule has 1 nitrogen and oxygen atoms in total. The van der Waals surface area contributed by atoms with Crippen molar-refractivity contribution in [2.75, 3.05) is 0 Å². The SMILES string of the molecule is CC(C)(O)CC/C=C/c1cc(Br)cs1. The summed E-state index contributed by atoms with van der Waals surface area (Å²) >= 11 is 5.12. The van der Waals surface area contributed by atoms with Gasteiger partial charge in [0.25, 0.3) is 0 Å². The van der Waals surface area contributed by atoms with Gasteiger partial charge in [0.2, 0.25) is 0 Å². The van der Waals surface area contributed by atoms with E-state index in [1.54, 1.807) is 11.3 Å². The van der Waals surface area contributed by atoms with E-state index in [1.807, 2.05) is 13.8 Å². The zero-order valence-corrected chi connectivity index (χ0v) is 10.9. The molecule has 0 unspecified atom stereocenters. The van der Waals surface area contributed by atoms with Gasteiger partial charge in [-0.3, -0.25) is 0 Å². The quantitative estimate of drug-likeness (QED) is 0.878. The number of thiophene rings is 1.